The molecule has 0 saturated heterocycles. The number of halogens is 2. The van der Waals surface area contributed by atoms with Crippen LogP contribution in [0.5, 0.6) is 5.75 Å². The molecule has 2 N–H and O–H groups in total. The second-order valence-corrected chi connectivity index (χ2v) is 5.18. The van der Waals surface area contributed by atoms with Gasteiger partial charge in [-0.3, -0.25) is 0 Å². The quantitative estimate of drug-likeness (QED) is 0.859. The fourth-order valence-corrected chi connectivity index (χ4v) is 1.96. The van der Waals surface area contributed by atoms with Gasteiger partial charge in [-0.2, -0.15) is 0 Å². The Morgan fingerprint density at radius 3 is 2.58 bits per heavy atom. The van der Waals surface area contributed by atoms with Gasteiger partial charge >= 0.3 is 0 Å². The van der Waals surface area contributed by atoms with Crippen molar-refractivity contribution in [3.63, 3.8) is 0 Å². The van der Waals surface area contributed by atoms with Crippen molar-refractivity contribution in [3.8, 4) is 5.75 Å². The molecule has 0 aliphatic rings. The molecule has 2 aromatic carbocycles. The summed E-state index contributed by atoms with van der Waals surface area (Å²) >= 11 is 16.7. The van der Waals surface area contributed by atoms with Crippen LogP contribution >= 0.6 is 35.4 Å². The Kier molecular flexibility index (Phi) is 4.64. The number of hydrogen-bond acceptors (Lipinski definition) is 2. The van der Waals surface area contributed by atoms with Gasteiger partial charge in [-0.15, -0.1) is 0 Å². The lowest BCUT2D eigenvalue weighted by Crippen LogP contribution is -2.09. The minimum atomic E-state index is 0.372. The molecule has 98 valence electrons. The highest BCUT2D eigenvalue weighted by atomic mass is 35.5. The molecule has 0 saturated carbocycles. The van der Waals surface area contributed by atoms with Crippen molar-refractivity contribution < 1.29 is 4.74 Å². The predicted octanol–water partition coefficient (Wildman–Crippen LogP) is 4.21. The van der Waals surface area contributed by atoms with E-state index in [0.717, 1.165) is 11.1 Å². The van der Waals surface area contributed by atoms with E-state index in [2.05, 4.69) is 0 Å². The highest BCUT2D eigenvalue weighted by Crippen LogP contribution is 2.26. The summed E-state index contributed by atoms with van der Waals surface area (Å²) in [7, 11) is 0. The molecule has 0 aliphatic carbocycles. The van der Waals surface area contributed by atoms with Crippen LogP contribution in [-0.2, 0) is 6.61 Å². The number of benzene rings is 2. The second kappa shape index (κ2) is 6.24. The van der Waals surface area contributed by atoms with E-state index in [9.17, 15) is 0 Å². The molecule has 0 heterocycles. The van der Waals surface area contributed by atoms with Crippen LogP contribution in [0.3, 0.4) is 0 Å². The van der Waals surface area contributed by atoms with Crippen molar-refractivity contribution in [2.45, 2.75) is 6.61 Å². The Bertz CT molecular complexity index is 616. The molecule has 19 heavy (non-hydrogen) atoms. The van der Waals surface area contributed by atoms with E-state index in [4.69, 9.17) is 45.9 Å². The molecule has 0 bridgehead atoms. The summed E-state index contributed by atoms with van der Waals surface area (Å²) in [6, 6.07) is 12.8. The van der Waals surface area contributed by atoms with E-state index in [0.29, 0.717) is 27.4 Å². The lowest BCUT2D eigenvalue weighted by atomic mass is 10.1. The Balaban J connectivity index is 2.07. The maximum Gasteiger partial charge on any atom is 0.121 e. The molecule has 2 nitrogen and oxygen atoms in total. The molecule has 5 heteroatoms. The molecule has 0 radical (unpaired) electrons. The fraction of sp³-hybridized carbons (Fsp3) is 0.0714. The third-order valence-electron chi connectivity index (χ3n) is 2.51. The van der Waals surface area contributed by atoms with E-state index in [1.165, 1.54) is 0 Å². The number of nitrogens with two attached hydrogens (primary N) is 1. The number of thiocarbonyl (C=S) groups is 1. The molecule has 0 fully saturated rings. The van der Waals surface area contributed by atoms with E-state index < -0.39 is 0 Å². The van der Waals surface area contributed by atoms with Gasteiger partial charge in [0.15, 0.2) is 0 Å². The van der Waals surface area contributed by atoms with Crippen molar-refractivity contribution in [1.29, 1.82) is 0 Å². The smallest absolute Gasteiger partial charge is 0.121 e. The first kappa shape index (κ1) is 14.1. The zero-order chi connectivity index (χ0) is 13.8. The van der Waals surface area contributed by atoms with Gasteiger partial charge in [0.1, 0.15) is 17.3 Å². The van der Waals surface area contributed by atoms with Crippen LogP contribution in [0, 0.1) is 0 Å². The molecular formula is C14H11Cl2NOS. The summed E-state index contributed by atoms with van der Waals surface area (Å²) in [6.45, 7) is 0.411. The lowest BCUT2D eigenvalue weighted by Gasteiger charge is -2.08. The molecule has 0 spiro atoms. The van der Waals surface area contributed by atoms with Crippen LogP contribution in [0.15, 0.2) is 42.5 Å². The first-order valence-electron chi connectivity index (χ1n) is 5.53. The van der Waals surface area contributed by atoms with Crippen molar-refractivity contribution in [2.75, 3.05) is 0 Å². The van der Waals surface area contributed by atoms with E-state index in [1.807, 2.05) is 24.3 Å². The van der Waals surface area contributed by atoms with Gasteiger partial charge in [0, 0.05) is 11.6 Å². The SMILES string of the molecule is NC(=S)c1cccc(COc2ccc(Cl)c(Cl)c2)c1. The van der Waals surface area contributed by atoms with Crippen molar-refractivity contribution in [1.82, 2.24) is 0 Å². The predicted molar refractivity (Wildman–Crippen MR) is 83.1 cm³/mol. The summed E-state index contributed by atoms with van der Waals surface area (Å²) in [5.74, 6) is 0.662. The van der Waals surface area contributed by atoms with Crippen molar-refractivity contribution in [3.05, 3.63) is 63.6 Å². The Hall–Kier alpha value is -1.29. The van der Waals surface area contributed by atoms with Gasteiger partial charge in [0.25, 0.3) is 0 Å². The zero-order valence-corrected chi connectivity index (χ0v) is 12.2. The largest absolute Gasteiger partial charge is 0.489 e. The molecule has 2 aromatic rings. The standard InChI is InChI=1S/C14H11Cl2NOS/c15-12-5-4-11(7-13(12)16)18-8-9-2-1-3-10(6-9)14(17)19/h1-7H,8H2,(H2,17,19). The topological polar surface area (TPSA) is 35.2 Å². The van der Waals surface area contributed by atoms with Gasteiger partial charge in [-0.05, 0) is 23.8 Å². The summed E-state index contributed by atoms with van der Waals surface area (Å²) < 4.78 is 5.64. The van der Waals surface area contributed by atoms with Crippen LogP contribution in [-0.4, -0.2) is 4.99 Å². The molecule has 0 aliphatic heterocycles. The van der Waals surface area contributed by atoms with Gasteiger partial charge in [-0.25, -0.2) is 0 Å². The second-order valence-electron chi connectivity index (χ2n) is 3.93. The molecule has 0 unspecified atom stereocenters. The first-order chi connectivity index (χ1) is 9.06. The van der Waals surface area contributed by atoms with E-state index >= 15 is 0 Å². The third-order valence-corrected chi connectivity index (χ3v) is 3.48. The van der Waals surface area contributed by atoms with Gasteiger partial charge < -0.3 is 10.5 Å². The average molecular weight is 312 g/mol. The third kappa shape index (κ3) is 3.83. The Morgan fingerprint density at radius 2 is 1.89 bits per heavy atom. The van der Waals surface area contributed by atoms with Crippen molar-refractivity contribution >= 4 is 40.4 Å². The number of ether oxygens (including phenoxy) is 1. The monoisotopic (exact) mass is 311 g/mol. The minimum Gasteiger partial charge on any atom is -0.489 e. The summed E-state index contributed by atoms with van der Waals surface area (Å²) in [6.07, 6.45) is 0. The Morgan fingerprint density at radius 1 is 1.11 bits per heavy atom. The van der Waals surface area contributed by atoms with Crippen LogP contribution < -0.4 is 10.5 Å². The zero-order valence-electron chi connectivity index (χ0n) is 9.90. The number of hydrogen-bond donors (Lipinski definition) is 1. The summed E-state index contributed by atoms with van der Waals surface area (Å²) in [5, 5.41) is 0.973. The van der Waals surface area contributed by atoms with Crippen molar-refractivity contribution in [2.24, 2.45) is 5.73 Å². The molecule has 0 aromatic heterocycles. The first-order valence-corrected chi connectivity index (χ1v) is 6.69. The van der Waals surface area contributed by atoms with Crippen LogP contribution in [0.2, 0.25) is 10.0 Å². The van der Waals surface area contributed by atoms with Gasteiger partial charge in [0.2, 0.25) is 0 Å². The normalized spacial score (nSPS) is 10.2. The molecule has 0 atom stereocenters. The van der Waals surface area contributed by atoms with Crippen LogP contribution in [0.1, 0.15) is 11.1 Å². The minimum absolute atomic E-state index is 0.372. The lowest BCUT2D eigenvalue weighted by molar-refractivity contribution is 0.306. The molecule has 0 amide bonds. The average Bonchev–Trinajstić information content (AvgIpc) is 2.40. The van der Waals surface area contributed by atoms with E-state index in [1.54, 1.807) is 18.2 Å². The van der Waals surface area contributed by atoms with E-state index in [-0.39, 0.29) is 0 Å². The highest BCUT2D eigenvalue weighted by Gasteiger charge is 2.02. The van der Waals surface area contributed by atoms with Gasteiger partial charge in [0.05, 0.1) is 10.0 Å². The van der Waals surface area contributed by atoms with Crippen LogP contribution in [0.4, 0.5) is 0 Å². The molecular weight excluding hydrogens is 301 g/mol. The summed E-state index contributed by atoms with van der Waals surface area (Å²) in [5.41, 5.74) is 7.39. The fourth-order valence-electron chi connectivity index (χ4n) is 1.55. The van der Waals surface area contributed by atoms with Gasteiger partial charge in [-0.1, -0.05) is 53.6 Å². The molecule has 2 rings (SSSR count). The highest BCUT2D eigenvalue weighted by molar-refractivity contribution is 7.80. The number of rotatable bonds is 4. The van der Waals surface area contributed by atoms with Crippen LogP contribution in [0.25, 0.3) is 0 Å². The maximum absolute atomic E-state index is 5.92. The summed E-state index contributed by atoms with van der Waals surface area (Å²) in [4.78, 5) is 0.372. The maximum atomic E-state index is 5.92. The Labute approximate surface area is 127 Å².